The lowest BCUT2D eigenvalue weighted by Gasteiger charge is -2.68. The highest BCUT2D eigenvalue weighted by Gasteiger charge is 2.82. The van der Waals surface area contributed by atoms with Crippen LogP contribution < -0.4 is 4.90 Å². The number of aliphatic hydroxyl groups excluding tert-OH is 2. The van der Waals surface area contributed by atoms with E-state index in [1.807, 2.05) is 0 Å². The molecule has 27 heavy (non-hydrogen) atoms. The Morgan fingerprint density at radius 1 is 1.19 bits per heavy atom. The van der Waals surface area contributed by atoms with Gasteiger partial charge in [-0.2, -0.15) is 0 Å². The molecule has 5 aliphatic heterocycles. The van der Waals surface area contributed by atoms with Gasteiger partial charge in [0.25, 0.3) is 0 Å². The summed E-state index contributed by atoms with van der Waals surface area (Å²) >= 11 is 0. The number of aliphatic hydroxyl groups is 2. The molecule has 1 saturated carbocycles. The molecule has 4 heteroatoms. The fourth-order valence-electron chi connectivity index (χ4n) is 9.23. The van der Waals surface area contributed by atoms with E-state index in [-0.39, 0.29) is 17.7 Å². The summed E-state index contributed by atoms with van der Waals surface area (Å²) in [5.41, 5.74) is 2.56. The summed E-state index contributed by atoms with van der Waals surface area (Å²) in [6.45, 7) is 5.56. The Labute approximate surface area is 162 Å². The molecule has 1 unspecified atom stereocenters. The molecular formula is C23H33N2O2+. The largest absolute Gasteiger partial charge is 0.392 e. The third-order valence-electron chi connectivity index (χ3n) is 9.73. The van der Waals surface area contributed by atoms with Crippen molar-refractivity contribution in [1.82, 2.24) is 0 Å². The maximum atomic E-state index is 11.9. The van der Waals surface area contributed by atoms with Crippen LogP contribution in [0.1, 0.15) is 45.1 Å². The molecule has 10 atom stereocenters. The van der Waals surface area contributed by atoms with Gasteiger partial charge in [-0.3, -0.25) is 4.48 Å². The van der Waals surface area contributed by atoms with Crippen LogP contribution in [0.3, 0.4) is 0 Å². The van der Waals surface area contributed by atoms with Crippen LogP contribution >= 0.6 is 0 Å². The van der Waals surface area contributed by atoms with Crippen LogP contribution in [0, 0.1) is 17.8 Å². The Bertz CT molecular complexity index is 798. The van der Waals surface area contributed by atoms with Gasteiger partial charge in [-0.05, 0) is 30.4 Å². The second-order valence-corrected chi connectivity index (χ2v) is 10.1. The molecule has 7 rings (SSSR count). The summed E-state index contributed by atoms with van der Waals surface area (Å²) < 4.78 is 0.873. The lowest BCUT2D eigenvalue weighted by atomic mass is 9.60. The van der Waals surface area contributed by atoms with E-state index in [4.69, 9.17) is 0 Å². The van der Waals surface area contributed by atoms with Crippen molar-refractivity contribution in [3.05, 3.63) is 29.8 Å². The number of fused-ring (bicyclic) bond motifs is 2. The first-order chi connectivity index (χ1) is 13.0. The van der Waals surface area contributed by atoms with Crippen molar-refractivity contribution in [1.29, 1.82) is 0 Å². The zero-order valence-electron chi connectivity index (χ0n) is 16.8. The van der Waals surface area contributed by atoms with Crippen LogP contribution in [0.5, 0.6) is 0 Å². The van der Waals surface area contributed by atoms with E-state index in [9.17, 15) is 10.2 Å². The topological polar surface area (TPSA) is 43.7 Å². The van der Waals surface area contributed by atoms with Crippen molar-refractivity contribution in [3.63, 3.8) is 0 Å². The highest BCUT2D eigenvalue weighted by atomic mass is 16.3. The quantitative estimate of drug-likeness (QED) is 0.805. The lowest BCUT2D eigenvalue weighted by molar-refractivity contribution is -1.04. The predicted molar refractivity (Wildman–Crippen MR) is 105 cm³/mol. The molecule has 4 saturated heterocycles. The standard InChI is InChI=1S/C23H33N2O2/c1-4-10-25-17-11-14(13(5-2)22(25)27)19-18(25)12-23(21(19)26)15-8-6-7-9-16(15)24(3)20(17)23/h6-9,13-14,17-22,26-27H,4-5,10-12H2,1-3H3/q+1/t13-,14-,17+,18-,19-,20-,21+,22+,23+,25?/m0/s1. The van der Waals surface area contributed by atoms with E-state index >= 15 is 0 Å². The number of piperidine rings is 4. The van der Waals surface area contributed by atoms with Crippen molar-refractivity contribution >= 4 is 5.69 Å². The average Bonchev–Trinajstić information content (AvgIpc) is 3.06. The van der Waals surface area contributed by atoms with Gasteiger partial charge in [-0.25, -0.2) is 0 Å². The normalized spacial score (nSPS) is 53.7. The molecule has 5 heterocycles. The third-order valence-corrected chi connectivity index (χ3v) is 9.73. The minimum atomic E-state index is -0.271. The molecule has 6 aliphatic rings. The summed E-state index contributed by atoms with van der Waals surface area (Å²) in [6.07, 6.45) is 3.84. The molecule has 1 aromatic rings. The first kappa shape index (κ1) is 16.8. The number of anilines is 1. The fraction of sp³-hybridized carbons (Fsp3) is 0.739. The molecule has 4 nitrogen and oxygen atoms in total. The van der Waals surface area contributed by atoms with Gasteiger partial charge in [0.05, 0.1) is 30.1 Å². The molecule has 1 aromatic carbocycles. The number of benzene rings is 1. The molecule has 0 amide bonds. The van der Waals surface area contributed by atoms with Crippen LogP contribution in [0.2, 0.25) is 0 Å². The second-order valence-electron chi connectivity index (χ2n) is 10.1. The van der Waals surface area contributed by atoms with Crippen LogP contribution in [-0.2, 0) is 5.41 Å². The van der Waals surface area contributed by atoms with Gasteiger partial charge in [-0.1, -0.05) is 32.0 Å². The number of rotatable bonds is 3. The van der Waals surface area contributed by atoms with Crippen molar-refractivity contribution in [2.45, 2.75) is 75.4 Å². The van der Waals surface area contributed by atoms with Crippen LogP contribution in [-0.4, -0.2) is 58.7 Å². The fourth-order valence-corrected chi connectivity index (χ4v) is 9.23. The van der Waals surface area contributed by atoms with E-state index in [0.29, 0.717) is 35.9 Å². The van der Waals surface area contributed by atoms with E-state index in [1.165, 1.54) is 17.7 Å². The SMILES string of the molecule is CCC[N+]12[C@H](O)[C@@H](CC)[C@@H]3C[C@@H]1[C@@H]1N(C)c4ccccc4[C@]14C[C@H]2[C@H]3[C@H]4O. The van der Waals surface area contributed by atoms with E-state index in [0.717, 1.165) is 30.3 Å². The number of para-hydroxylation sites is 1. The molecule has 0 radical (unpaired) electrons. The molecule has 146 valence electrons. The Morgan fingerprint density at radius 3 is 2.70 bits per heavy atom. The van der Waals surface area contributed by atoms with Gasteiger partial charge < -0.3 is 15.1 Å². The smallest absolute Gasteiger partial charge is 0.194 e. The Kier molecular flexibility index (Phi) is 3.17. The van der Waals surface area contributed by atoms with Crippen molar-refractivity contribution < 1.29 is 14.7 Å². The summed E-state index contributed by atoms with van der Waals surface area (Å²) in [6, 6.07) is 9.97. The first-order valence-corrected chi connectivity index (χ1v) is 11.1. The summed E-state index contributed by atoms with van der Waals surface area (Å²) in [4.78, 5) is 2.48. The van der Waals surface area contributed by atoms with Crippen LogP contribution in [0.4, 0.5) is 5.69 Å². The lowest BCUT2D eigenvalue weighted by Crippen LogP contribution is -2.83. The van der Waals surface area contributed by atoms with Gasteiger partial charge in [0.1, 0.15) is 6.04 Å². The van der Waals surface area contributed by atoms with Gasteiger partial charge in [-0.15, -0.1) is 0 Å². The number of likely N-dealkylation sites (N-methyl/N-ethyl adjacent to an activating group) is 1. The minimum Gasteiger partial charge on any atom is -0.392 e. The van der Waals surface area contributed by atoms with Gasteiger partial charge in [0.15, 0.2) is 6.23 Å². The summed E-state index contributed by atoms with van der Waals surface area (Å²) in [5, 5.41) is 23.6. The zero-order chi connectivity index (χ0) is 18.7. The molecule has 1 aliphatic carbocycles. The predicted octanol–water partition coefficient (Wildman–Crippen LogP) is 2.48. The number of quaternary nitrogens is 1. The molecule has 5 bridgehead atoms. The number of nitrogens with zero attached hydrogens (tertiary/aromatic N) is 2. The Hall–Kier alpha value is -1.10. The Morgan fingerprint density at radius 2 is 1.96 bits per heavy atom. The summed E-state index contributed by atoms with van der Waals surface area (Å²) in [5.74, 6) is 1.18. The van der Waals surface area contributed by atoms with Crippen molar-refractivity contribution in [3.8, 4) is 0 Å². The van der Waals surface area contributed by atoms with Crippen molar-refractivity contribution in [2.75, 3.05) is 18.5 Å². The number of hydrogen-bond acceptors (Lipinski definition) is 3. The van der Waals surface area contributed by atoms with E-state index in [2.05, 4.69) is 50.1 Å². The monoisotopic (exact) mass is 369 g/mol. The summed E-state index contributed by atoms with van der Waals surface area (Å²) in [7, 11) is 2.23. The average molecular weight is 370 g/mol. The zero-order valence-corrected chi connectivity index (χ0v) is 16.8. The first-order valence-electron chi connectivity index (χ1n) is 11.1. The highest BCUT2D eigenvalue weighted by Crippen LogP contribution is 2.71. The van der Waals surface area contributed by atoms with E-state index < -0.39 is 0 Å². The minimum absolute atomic E-state index is 0.127. The van der Waals surface area contributed by atoms with Gasteiger partial charge in [0, 0.05) is 37.4 Å². The van der Waals surface area contributed by atoms with E-state index in [1.54, 1.807) is 0 Å². The van der Waals surface area contributed by atoms with Gasteiger partial charge >= 0.3 is 0 Å². The Balaban J connectivity index is 1.62. The van der Waals surface area contributed by atoms with Crippen LogP contribution in [0.15, 0.2) is 24.3 Å². The van der Waals surface area contributed by atoms with Crippen LogP contribution in [0.25, 0.3) is 0 Å². The second kappa shape index (κ2) is 5.08. The third kappa shape index (κ3) is 1.51. The molecule has 1 spiro atoms. The molecule has 5 fully saturated rings. The highest BCUT2D eigenvalue weighted by molar-refractivity contribution is 5.66. The number of hydrogen-bond donors (Lipinski definition) is 2. The van der Waals surface area contributed by atoms with Gasteiger partial charge in [0.2, 0.25) is 0 Å². The maximum absolute atomic E-state index is 11.9. The maximum Gasteiger partial charge on any atom is 0.194 e. The molecular weight excluding hydrogens is 336 g/mol. The molecule has 2 N–H and O–H groups in total. The molecule has 0 aromatic heterocycles. The van der Waals surface area contributed by atoms with Crippen molar-refractivity contribution in [2.24, 2.45) is 17.8 Å².